The van der Waals surface area contributed by atoms with Crippen LogP contribution >= 0.6 is 11.3 Å². The van der Waals surface area contributed by atoms with E-state index in [1.807, 2.05) is 12.3 Å². The number of rotatable bonds is 5. The van der Waals surface area contributed by atoms with Crippen LogP contribution in [0.15, 0.2) is 9.90 Å². The van der Waals surface area contributed by atoms with E-state index in [1.165, 1.54) is 0 Å². The summed E-state index contributed by atoms with van der Waals surface area (Å²) in [6.07, 6.45) is 1.44. The molecular weight excluding hydrogens is 248 g/mol. The molecule has 2 rings (SSSR count). The van der Waals surface area contributed by atoms with Crippen LogP contribution in [0.1, 0.15) is 48.7 Å². The predicted octanol–water partition coefficient (Wildman–Crippen LogP) is 2.47. The van der Waals surface area contributed by atoms with Gasteiger partial charge < -0.3 is 10.3 Å². The topological polar surface area (TPSA) is 77.8 Å². The first-order chi connectivity index (χ1) is 8.54. The van der Waals surface area contributed by atoms with Crippen molar-refractivity contribution in [3.63, 3.8) is 0 Å². The van der Waals surface area contributed by atoms with Crippen molar-refractivity contribution in [2.45, 2.75) is 39.7 Å². The third kappa shape index (κ3) is 3.36. The van der Waals surface area contributed by atoms with Gasteiger partial charge in [0.15, 0.2) is 5.82 Å². The summed E-state index contributed by atoms with van der Waals surface area (Å²) in [5.41, 5.74) is 6.97. The summed E-state index contributed by atoms with van der Waals surface area (Å²) in [7, 11) is 0. The SMILES string of the molecule is Cc1nc(Cc2noc(C(N)CC(C)C)n2)cs1. The zero-order chi connectivity index (χ0) is 13.1. The van der Waals surface area contributed by atoms with E-state index in [0.29, 0.717) is 24.1 Å². The molecule has 6 heteroatoms. The lowest BCUT2D eigenvalue weighted by atomic mass is 10.0. The summed E-state index contributed by atoms with van der Waals surface area (Å²) in [5, 5.41) is 7.01. The third-order valence-electron chi connectivity index (χ3n) is 2.53. The molecule has 2 aromatic heterocycles. The van der Waals surface area contributed by atoms with E-state index >= 15 is 0 Å². The molecule has 0 aliphatic carbocycles. The number of nitrogens with two attached hydrogens (primary N) is 1. The number of aryl methyl sites for hydroxylation is 1. The van der Waals surface area contributed by atoms with Crippen LogP contribution in [0, 0.1) is 12.8 Å². The van der Waals surface area contributed by atoms with Crippen molar-refractivity contribution in [1.29, 1.82) is 0 Å². The highest BCUT2D eigenvalue weighted by Crippen LogP contribution is 2.18. The highest BCUT2D eigenvalue weighted by Gasteiger charge is 2.16. The fourth-order valence-corrected chi connectivity index (χ4v) is 2.36. The number of hydrogen-bond donors (Lipinski definition) is 1. The van der Waals surface area contributed by atoms with Gasteiger partial charge in [-0.1, -0.05) is 19.0 Å². The van der Waals surface area contributed by atoms with Gasteiger partial charge in [-0.2, -0.15) is 4.98 Å². The lowest BCUT2D eigenvalue weighted by Crippen LogP contribution is -2.13. The highest BCUT2D eigenvalue weighted by molar-refractivity contribution is 7.09. The molecule has 2 N–H and O–H groups in total. The molecule has 0 aliphatic rings. The molecule has 0 radical (unpaired) electrons. The summed E-state index contributed by atoms with van der Waals surface area (Å²) in [6.45, 7) is 6.22. The Labute approximate surface area is 110 Å². The fourth-order valence-electron chi connectivity index (χ4n) is 1.75. The van der Waals surface area contributed by atoms with Crippen LogP contribution in [0.5, 0.6) is 0 Å². The first-order valence-corrected chi connectivity index (χ1v) is 6.91. The van der Waals surface area contributed by atoms with Gasteiger partial charge in [-0.15, -0.1) is 11.3 Å². The molecule has 2 aromatic rings. The van der Waals surface area contributed by atoms with Crippen molar-refractivity contribution in [2.24, 2.45) is 11.7 Å². The number of thiazole rings is 1. The van der Waals surface area contributed by atoms with Crippen LogP contribution in [-0.4, -0.2) is 15.1 Å². The Balaban J connectivity index is 2.01. The lowest BCUT2D eigenvalue weighted by molar-refractivity contribution is 0.333. The van der Waals surface area contributed by atoms with Crippen molar-refractivity contribution in [3.05, 3.63) is 27.8 Å². The van der Waals surface area contributed by atoms with E-state index in [1.54, 1.807) is 11.3 Å². The molecule has 0 fully saturated rings. The maximum absolute atomic E-state index is 6.00. The monoisotopic (exact) mass is 266 g/mol. The molecule has 2 heterocycles. The molecule has 1 atom stereocenters. The van der Waals surface area contributed by atoms with Gasteiger partial charge in [0.1, 0.15) is 0 Å². The molecule has 0 saturated heterocycles. The van der Waals surface area contributed by atoms with Crippen LogP contribution in [0.4, 0.5) is 0 Å². The first kappa shape index (κ1) is 13.2. The average molecular weight is 266 g/mol. The molecule has 0 aromatic carbocycles. The van der Waals surface area contributed by atoms with E-state index in [9.17, 15) is 0 Å². The van der Waals surface area contributed by atoms with E-state index in [2.05, 4.69) is 29.0 Å². The zero-order valence-electron chi connectivity index (χ0n) is 10.9. The van der Waals surface area contributed by atoms with E-state index < -0.39 is 0 Å². The number of hydrogen-bond acceptors (Lipinski definition) is 6. The molecule has 0 saturated carbocycles. The minimum absolute atomic E-state index is 0.177. The Hall–Kier alpha value is -1.27. The van der Waals surface area contributed by atoms with Gasteiger partial charge >= 0.3 is 0 Å². The second kappa shape index (κ2) is 5.58. The van der Waals surface area contributed by atoms with Gasteiger partial charge in [0.05, 0.1) is 23.2 Å². The normalized spacial score (nSPS) is 13.2. The first-order valence-electron chi connectivity index (χ1n) is 6.03. The van der Waals surface area contributed by atoms with Crippen LogP contribution in [0.25, 0.3) is 0 Å². The smallest absolute Gasteiger partial charge is 0.243 e. The average Bonchev–Trinajstić information content (AvgIpc) is 2.87. The van der Waals surface area contributed by atoms with Gasteiger partial charge in [-0.3, -0.25) is 0 Å². The van der Waals surface area contributed by atoms with Crippen molar-refractivity contribution >= 4 is 11.3 Å². The van der Waals surface area contributed by atoms with E-state index in [0.717, 1.165) is 17.1 Å². The fraction of sp³-hybridized carbons (Fsp3) is 0.583. The van der Waals surface area contributed by atoms with Crippen molar-refractivity contribution in [1.82, 2.24) is 15.1 Å². The van der Waals surface area contributed by atoms with Gasteiger partial charge in [0.2, 0.25) is 5.89 Å². The second-order valence-electron chi connectivity index (χ2n) is 4.82. The van der Waals surface area contributed by atoms with Crippen LogP contribution < -0.4 is 5.73 Å². The van der Waals surface area contributed by atoms with Crippen molar-refractivity contribution < 1.29 is 4.52 Å². The van der Waals surface area contributed by atoms with Crippen molar-refractivity contribution in [3.8, 4) is 0 Å². The number of nitrogens with zero attached hydrogens (tertiary/aromatic N) is 3. The predicted molar refractivity (Wildman–Crippen MR) is 70.3 cm³/mol. The van der Waals surface area contributed by atoms with Gasteiger partial charge in [-0.05, 0) is 19.3 Å². The lowest BCUT2D eigenvalue weighted by Gasteiger charge is -2.08. The van der Waals surface area contributed by atoms with Gasteiger partial charge in [0.25, 0.3) is 0 Å². The van der Waals surface area contributed by atoms with Crippen LogP contribution in [0.2, 0.25) is 0 Å². The molecule has 0 spiro atoms. The summed E-state index contributed by atoms with van der Waals surface area (Å²) < 4.78 is 5.20. The Morgan fingerprint density at radius 1 is 1.39 bits per heavy atom. The number of aromatic nitrogens is 3. The molecule has 0 bridgehead atoms. The van der Waals surface area contributed by atoms with Crippen LogP contribution in [-0.2, 0) is 6.42 Å². The molecule has 0 aliphatic heterocycles. The molecule has 1 unspecified atom stereocenters. The zero-order valence-corrected chi connectivity index (χ0v) is 11.7. The second-order valence-corrected chi connectivity index (χ2v) is 5.88. The Morgan fingerprint density at radius 3 is 2.78 bits per heavy atom. The van der Waals surface area contributed by atoms with E-state index in [4.69, 9.17) is 10.3 Å². The molecule has 98 valence electrons. The maximum Gasteiger partial charge on any atom is 0.243 e. The third-order valence-corrected chi connectivity index (χ3v) is 3.35. The Bertz CT molecular complexity index is 506. The molecular formula is C12H18N4OS. The largest absolute Gasteiger partial charge is 0.338 e. The Kier molecular flexibility index (Phi) is 4.08. The standard InChI is InChI=1S/C12H18N4OS/c1-7(2)4-10(13)12-15-11(16-17-12)5-9-6-18-8(3)14-9/h6-7,10H,4-5,13H2,1-3H3. The molecule has 5 nitrogen and oxygen atoms in total. The minimum Gasteiger partial charge on any atom is -0.338 e. The van der Waals surface area contributed by atoms with Gasteiger partial charge in [-0.25, -0.2) is 4.98 Å². The van der Waals surface area contributed by atoms with Gasteiger partial charge in [0, 0.05) is 5.38 Å². The quantitative estimate of drug-likeness (QED) is 0.899. The van der Waals surface area contributed by atoms with Crippen molar-refractivity contribution in [2.75, 3.05) is 0 Å². The van der Waals surface area contributed by atoms with E-state index in [-0.39, 0.29) is 6.04 Å². The summed E-state index contributed by atoms with van der Waals surface area (Å²) in [4.78, 5) is 8.70. The molecule has 18 heavy (non-hydrogen) atoms. The maximum atomic E-state index is 6.00. The highest BCUT2D eigenvalue weighted by atomic mass is 32.1. The summed E-state index contributed by atoms with van der Waals surface area (Å²) >= 11 is 1.62. The molecule has 0 amide bonds. The summed E-state index contributed by atoms with van der Waals surface area (Å²) in [6, 6.07) is -0.177. The Morgan fingerprint density at radius 2 is 2.17 bits per heavy atom. The van der Waals surface area contributed by atoms with Crippen LogP contribution in [0.3, 0.4) is 0 Å². The minimum atomic E-state index is -0.177. The summed E-state index contributed by atoms with van der Waals surface area (Å²) in [5.74, 6) is 1.68.